The van der Waals surface area contributed by atoms with Crippen LogP contribution in [-0.4, -0.2) is 46.0 Å². The van der Waals surface area contributed by atoms with Crippen LogP contribution in [0.25, 0.3) is 10.2 Å². The number of rotatable bonds is 7. The zero-order valence-corrected chi connectivity index (χ0v) is 15.1. The summed E-state index contributed by atoms with van der Waals surface area (Å²) in [5, 5.41) is 10.4. The SMILES string of the molecule is CCOC(=O)c1sc2ncn(CC(O)COC(C)C)c(=O)c2c1C. The highest BCUT2D eigenvalue weighted by molar-refractivity contribution is 7.20. The molecule has 0 saturated heterocycles. The highest BCUT2D eigenvalue weighted by Gasteiger charge is 2.20. The van der Waals surface area contributed by atoms with Crippen molar-refractivity contribution in [2.75, 3.05) is 13.2 Å². The van der Waals surface area contributed by atoms with Crippen molar-refractivity contribution in [1.82, 2.24) is 9.55 Å². The first-order valence-electron chi connectivity index (χ1n) is 7.80. The molecule has 0 bridgehead atoms. The van der Waals surface area contributed by atoms with Crippen molar-refractivity contribution in [1.29, 1.82) is 0 Å². The van der Waals surface area contributed by atoms with E-state index in [1.165, 1.54) is 10.9 Å². The molecule has 2 rings (SSSR count). The Morgan fingerprint density at radius 1 is 1.46 bits per heavy atom. The van der Waals surface area contributed by atoms with Crippen LogP contribution in [0.1, 0.15) is 36.0 Å². The van der Waals surface area contributed by atoms with Crippen LogP contribution in [0.3, 0.4) is 0 Å². The summed E-state index contributed by atoms with van der Waals surface area (Å²) in [5.74, 6) is -0.450. The van der Waals surface area contributed by atoms with Crippen LogP contribution in [0.2, 0.25) is 0 Å². The zero-order valence-electron chi connectivity index (χ0n) is 14.2. The van der Waals surface area contributed by atoms with Gasteiger partial charge >= 0.3 is 5.97 Å². The minimum atomic E-state index is -0.812. The third-order valence-corrected chi connectivity index (χ3v) is 4.59. The van der Waals surface area contributed by atoms with Crippen LogP contribution in [-0.2, 0) is 16.0 Å². The van der Waals surface area contributed by atoms with E-state index in [2.05, 4.69) is 4.98 Å². The first kappa shape index (κ1) is 18.6. The van der Waals surface area contributed by atoms with Crippen molar-refractivity contribution in [3.63, 3.8) is 0 Å². The van der Waals surface area contributed by atoms with Gasteiger partial charge < -0.3 is 14.6 Å². The summed E-state index contributed by atoms with van der Waals surface area (Å²) in [7, 11) is 0. The van der Waals surface area contributed by atoms with Crippen molar-refractivity contribution in [2.45, 2.75) is 46.4 Å². The average molecular weight is 354 g/mol. The smallest absolute Gasteiger partial charge is 0.348 e. The molecular weight excluding hydrogens is 332 g/mol. The Bertz CT molecular complexity index is 781. The van der Waals surface area contributed by atoms with Gasteiger partial charge in [0.05, 0.1) is 43.7 Å². The number of nitrogens with zero attached hydrogens (tertiary/aromatic N) is 2. The number of carbonyl (C=O) groups excluding carboxylic acids is 1. The number of aryl methyl sites for hydroxylation is 1. The predicted molar refractivity (Wildman–Crippen MR) is 91.7 cm³/mol. The second-order valence-corrected chi connectivity index (χ2v) is 6.69. The molecule has 2 heterocycles. The van der Waals surface area contributed by atoms with Gasteiger partial charge in [-0.1, -0.05) is 0 Å². The van der Waals surface area contributed by atoms with Crippen LogP contribution in [0, 0.1) is 6.92 Å². The first-order chi connectivity index (χ1) is 11.3. The van der Waals surface area contributed by atoms with Gasteiger partial charge in [0, 0.05) is 0 Å². The minimum Gasteiger partial charge on any atom is -0.462 e. The Kier molecular flexibility index (Phi) is 6.09. The number of hydrogen-bond donors (Lipinski definition) is 1. The van der Waals surface area contributed by atoms with Gasteiger partial charge in [0.2, 0.25) is 0 Å². The quantitative estimate of drug-likeness (QED) is 0.762. The fourth-order valence-corrected chi connectivity index (χ4v) is 3.30. The third-order valence-electron chi connectivity index (χ3n) is 3.41. The van der Waals surface area contributed by atoms with E-state index in [1.807, 2.05) is 13.8 Å². The molecule has 1 N–H and O–H groups in total. The molecule has 0 aliphatic rings. The van der Waals surface area contributed by atoms with Crippen LogP contribution in [0.5, 0.6) is 0 Å². The summed E-state index contributed by atoms with van der Waals surface area (Å²) in [6.45, 7) is 7.67. The van der Waals surface area contributed by atoms with E-state index >= 15 is 0 Å². The number of ether oxygens (including phenoxy) is 2. The van der Waals surface area contributed by atoms with Gasteiger partial charge in [-0.2, -0.15) is 0 Å². The average Bonchev–Trinajstić information content (AvgIpc) is 2.86. The minimum absolute atomic E-state index is 0.00299. The number of thiophene rings is 1. The maximum Gasteiger partial charge on any atom is 0.348 e. The second kappa shape index (κ2) is 7.87. The molecule has 24 heavy (non-hydrogen) atoms. The monoisotopic (exact) mass is 354 g/mol. The highest BCUT2D eigenvalue weighted by Crippen LogP contribution is 2.27. The number of aromatic nitrogens is 2. The highest BCUT2D eigenvalue weighted by atomic mass is 32.1. The third kappa shape index (κ3) is 4.00. The molecule has 0 saturated carbocycles. The number of fused-ring (bicyclic) bond motifs is 1. The summed E-state index contributed by atoms with van der Waals surface area (Å²) in [5.41, 5.74) is 0.279. The van der Waals surface area contributed by atoms with Gasteiger partial charge in [0.1, 0.15) is 9.71 Å². The van der Waals surface area contributed by atoms with E-state index in [9.17, 15) is 14.7 Å². The predicted octanol–water partition coefficient (Wildman–Crippen LogP) is 1.73. The van der Waals surface area contributed by atoms with Crippen molar-refractivity contribution < 1.29 is 19.4 Å². The molecule has 2 aromatic heterocycles. The standard InChI is InChI=1S/C16H22N2O5S/c1-5-22-16(21)13-10(4)12-14(24-13)17-8-18(15(12)20)6-11(19)7-23-9(2)3/h8-9,11,19H,5-7H2,1-4H3. The van der Waals surface area contributed by atoms with Gasteiger partial charge in [0.15, 0.2) is 0 Å². The molecule has 0 fully saturated rings. The molecular formula is C16H22N2O5S. The lowest BCUT2D eigenvalue weighted by Crippen LogP contribution is -2.30. The van der Waals surface area contributed by atoms with Crippen LogP contribution in [0.4, 0.5) is 0 Å². The lowest BCUT2D eigenvalue weighted by molar-refractivity contribution is -0.00111. The van der Waals surface area contributed by atoms with Gasteiger partial charge in [-0.05, 0) is 33.3 Å². The zero-order chi connectivity index (χ0) is 17.9. The summed E-state index contributed by atoms with van der Waals surface area (Å²) in [6, 6.07) is 0. The van der Waals surface area contributed by atoms with Gasteiger partial charge in [0.25, 0.3) is 5.56 Å². The van der Waals surface area contributed by atoms with Gasteiger partial charge in [-0.15, -0.1) is 11.3 Å². The van der Waals surface area contributed by atoms with Crippen LogP contribution >= 0.6 is 11.3 Å². The Hall–Kier alpha value is -1.77. The Morgan fingerprint density at radius 2 is 2.17 bits per heavy atom. The lowest BCUT2D eigenvalue weighted by atomic mass is 10.2. The van der Waals surface area contributed by atoms with E-state index in [-0.39, 0.29) is 31.4 Å². The molecule has 0 amide bonds. The van der Waals surface area contributed by atoms with Gasteiger partial charge in [-0.3, -0.25) is 9.36 Å². The number of aliphatic hydroxyl groups is 1. The maximum atomic E-state index is 12.6. The summed E-state index contributed by atoms with van der Waals surface area (Å²) < 4.78 is 11.7. The number of esters is 1. The van der Waals surface area contributed by atoms with E-state index in [0.717, 1.165) is 11.3 Å². The molecule has 132 valence electrons. The Labute approximate surface area is 143 Å². The summed E-state index contributed by atoms with van der Waals surface area (Å²) in [4.78, 5) is 29.7. The summed E-state index contributed by atoms with van der Waals surface area (Å²) >= 11 is 1.14. The fraction of sp³-hybridized carbons (Fsp3) is 0.562. The van der Waals surface area contributed by atoms with Gasteiger partial charge in [-0.25, -0.2) is 9.78 Å². The molecule has 0 aromatic carbocycles. The van der Waals surface area contributed by atoms with E-state index in [0.29, 0.717) is 20.7 Å². The maximum absolute atomic E-state index is 12.6. The Morgan fingerprint density at radius 3 is 2.79 bits per heavy atom. The molecule has 2 aromatic rings. The number of aliphatic hydroxyl groups excluding tert-OH is 1. The van der Waals surface area contributed by atoms with E-state index in [4.69, 9.17) is 9.47 Å². The molecule has 7 nitrogen and oxygen atoms in total. The molecule has 0 aliphatic carbocycles. The topological polar surface area (TPSA) is 90.7 Å². The molecule has 0 aliphatic heterocycles. The lowest BCUT2D eigenvalue weighted by Gasteiger charge is -2.14. The summed E-state index contributed by atoms with van der Waals surface area (Å²) in [6.07, 6.45) is 0.574. The van der Waals surface area contributed by atoms with Crippen LogP contribution in [0.15, 0.2) is 11.1 Å². The Balaban J connectivity index is 2.31. The molecule has 1 atom stereocenters. The van der Waals surface area contributed by atoms with Crippen molar-refractivity contribution in [2.24, 2.45) is 0 Å². The molecule has 1 unspecified atom stereocenters. The molecule has 0 radical (unpaired) electrons. The molecule has 0 spiro atoms. The number of hydrogen-bond acceptors (Lipinski definition) is 7. The normalized spacial score (nSPS) is 12.8. The first-order valence-corrected chi connectivity index (χ1v) is 8.62. The van der Waals surface area contributed by atoms with E-state index < -0.39 is 12.1 Å². The van der Waals surface area contributed by atoms with Crippen molar-refractivity contribution in [3.8, 4) is 0 Å². The fourth-order valence-electron chi connectivity index (χ4n) is 2.26. The number of carbonyl (C=O) groups is 1. The van der Waals surface area contributed by atoms with Crippen molar-refractivity contribution in [3.05, 3.63) is 27.1 Å². The van der Waals surface area contributed by atoms with Crippen LogP contribution < -0.4 is 5.56 Å². The van der Waals surface area contributed by atoms with Crippen molar-refractivity contribution >= 4 is 27.5 Å². The second-order valence-electron chi connectivity index (χ2n) is 5.69. The van der Waals surface area contributed by atoms with E-state index in [1.54, 1.807) is 13.8 Å². The largest absolute Gasteiger partial charge is 0.462 e. The molecule has 8 heteroatoms.